The van der Waals surface area contributed by atoms with Gasteiger partial charge in [0.2, 0.25) is 0 Å². The first-order valence-corrected chi connectivity index (χ1v) is 22.1. The van der Waals surface area contributed by atoms with Crippen molar-refractivity contribution in [3.05, 3.63) is 179 Å². The van der Waals surface area contributed by atoms with Gasteiger partial charge in [-0.3, -0.25) is 0 Å². The van der Waals surface area contributed by atoms with Crippen molar-refractivity contribution in [2.45, 2.75) is 0 Å². The van der Waals surface area contributed by atoms with Crippen molar-refractivity contribution in [1.82, 2.24) is 0 Å². The molecule has 0 atom stereocenters. The molecule has 0 saturated heterocycles. The lowest BCUT2D eigenvalue weighted by atomic mass is 9.92. The van der Waals surface area contributed by atoms with Crippen LogP contribution in [0.1, 0.15) is 20.9 Å². The van der Waals surface area contributed by atoms with Crippen LogP contribution in [0.2, 0.25) is 0 Å². The van der Waals surface area contributed by atoms with E-state index < -0.39 is 0 Å². The molecule has 0 fully saturated rings. The highest BCUT2D eigenvalue weighted by Gasteiger charge is 2.14. The zero-order valence-electron chi connectivity index (χ0n) is 30.0. The SMILES string of the molecule is C(=C\c1ccc2ccc3cccc4ccc1c2c34)/c1ccc(-c2ccc(-c3ccc(-c4ccc(/C=C/c5ccc6ccc7cccc8ccc5c6c78)s4)s3)s2)s1. The molecule has 12 aromatic rings. The second kappa shape index (κ2) is 12.8. The maximum atomic E-state index is 2.29. The predicted molar refractivity (Wildman–Crippen MR) is 252 cm³/mol. The van der Waals surface area contributed by atoms with Gasteiger partial charge in [0.1, 0.15) is 0 Å². The summed E-state index contributed by atoms with van der Waals surface area (Å²) in [4.78, 5) is 10.4. The molecule has 0 unspecified atom stereocenters. The van der Waals surface area contributed by atoms with Gasteiger partial charge in [0.15, 0.2) is 0 Å². The summed E-state index contributed by atoms with van der Waals surface area (Å²) in [6.07, 6.45) is 9.12. The highest BCUT2D eigenvalue weighted by molar-refractivity contribution is 7.28. The Kier molecular flexibility index (Phi) is 7.42. The van der Waals surface area contributed by atoms with Crippen LogP contribution < -0.4 is 0 Å². The Morgan fingerprint density at radius 2 is 0.571 bits per heavy atom. The first-order valence-electron chi connectivity index (χ1n) is 18.8. The molecule has 0 radical (unpaired) electrons. The Bertz CT molecular complexity index is 3220. The molecular formula is C52H30S4. The Morgan fingerprint density at radius 3 is 0.982 bits per heavy atom. The molecule has 0 bridgehead atoms. The summed E-state index contributed by atoms with van der Waals surface area (Å²) in [6, 6.07) is 58.5. The minimum Gasteiger partial charge on any atom is -0.135 e. The van der Waals surface area contributed by atoms with Crippen molar-refractivity contribution in [2.75, 3.05) is 0 Å². The van der Waals surface area contributed by atoms with E-state index in [4.69, 9.17) is 0 Å². The highest BCUT2D eigenvalue weighted by atomic mass is 32.1. The molecule has 0 spiro atoms. The zero-order chi connectivity index (χ0) is 36.7. The molecule has 4 heteroatoms. The maximum absolute atomic E-state index is 2.29. The second-order valence-electron chi connectivity index (χ2n) is 14.4. The van der Waals surface area contributed by atoms with E-state index in [1.807, 2.05) is 45.3 Å². The summed E-state index contributed by atoms with van der Waals surface area (Å²) < 4.78 is 0. The molecule has 0 aliphatic heterocycles. The van der Waals surface area contributed by atoms with Crippen LogP contribution in [0.15, 0.2) is 158 Å². The highest BCUT2D eigenvalue weighted by Crippen LogP contribution is 2.44. The molecule has 8 aromatic carbocycles. The van der Waals surface area contributed by atoms with Crippen molar-refractivity contribution in [3.63, 3.8) is 0 Å². The lowest BCUT2D eigenvalue weighted by molar-refractivity contribution is 1.75. The first-order chi connectivity index (χ1) is 27.7. The normalized spacial score (nSPS) is 12.5. The van der Waals surface area contributed by atoms with E-state index in [2.05, 4.69) is 182 Å². The monoisotopic (exact) mass is 782 g/mol. The fourth-order valence-electron chi connectivity index (χ4n) is 8.51. The molecule has 262 valence electrons. The van der Waals surface area contributed by atoms with Crippen molar-refractivity contribution in [2.24, 2.45) is 0 Å². The predicted octanol–water partition coefficient (Wildman–Crippen LogP) is 17.1. The Morgan fingerprint density at radius 1 is 0.250 bits per heavy atom. The van der Waals surface area contributed by atoms with E-state index in [0.29, 0.717) is 0 Å². The van der Waals surface area contributed by atoms with Crippen LogP contribution in [0.5, 0.6) is 0 Å². The molecule has 0 saturated carbocycles. The van der Waals surface area contributed by atoms with Gasteiger partial charge in [-0.25, -0.2) is 0 Å². The molecule has 12 rings (SSSR count). The van der Waals surface area contributed by atoms with Crippen LogP contribution >= 0.6 is 45.3 Å². The number of hydrogen-bond donors (Lipinski definition) is 0. The summed E-state index contributed by atoms with van der Waals surface area (Å²) in [5.74, 6) is 0. The van der Waals surface area contributed by atoms with Crippen molar-refractivity contribution in [3.8, 4) is 29.3 Å². The van der Waals surface area contributed by atoms with E-state index in [0.717, 1.165) is 0 Å². The molecule has 4 heterocycles. The summed E-state index contributed by atoms with van der Waals surface area (Å²) in [5.41, 5.74) is 2.52. The molecular weight excluding hydrogens is 753 g/mol. The fraction of sp³-hybridized carbons (Fsp3) is 0. The molecule has 0 aliphatic carbocycles. The van der Waals surface area contributed by atoms with Crippen LogP contribution in [-0.4, -0.2) is 0 Å². The van der Waals surface area contributed by atoms with Crippen molar-refractivity contribution >= 4 is 134 Å². The van der Waals surface area contributed by atoms with Gasteiger partial charge in [-0.15, -0.1) is 45.3 Å². The maximum Gasteiger partial charge on any atom is 0.0449 e. The Labute approximate surface area is 339 Å². The van der Waals surface area contributed by atoms with Crippen molar-refractivity contribution < 1.29 is 0 Å². The van der Waals surface area contributed by atoms with E-state index in [9.17, 15) is 0 Å². The molecule has 0 nitrogen and oxygen atoms in total. The first kappa shape index (κ1) is 32.4. The van der Waals surface area contributed by atoms with Gasteiger partial charge in [-0.2, -0.15) is 0 Å². The lowest BCUT2D eigenvalue weighted by Gasteiger charge is -2.12. The van der Waals surface area contributed by atoms with Crippen LogP contribution in [-0.2, 0) is 0 Å². The van der Waals surface area contributed by atoms with Crippen LogP contribution in [0, 0.1) is 0 Å². The zero-order valence-corrected chi connectivity index (χ0v) is 33.2. The standard InChI is InChI=1S/C52H30S4/c1-3-33-11-13-37-9-7-31(41-23-17-35(5-1)49(33)51(37)41)15-19-39-21-25-43(53-39)45-27-29-47(55-45)48-30-28-46(56-48)44-26-22-40(54-44)20-16-32-8-10-38-14-12-34-4-2-6-36-18-24-42(32)52(38)50(34)36/h1-30H/b19-15+,20-16+. The number of thiophene rings is 4. The quantitative estimate of drug-likeness (QED) is 0.141. The third-order valence-corrected chi connectivity index (χ3v) is 16.0. The average Bonchev–Trinajstić information content (AvgIpc) is 4.08. The van der Waals surface area contributed by atoms with Crippen LogP contribution in [0.4, 0.5) is 0 Å². The Hall–Kier alpha value is -5.88. The topological polar surface area (TPSA) is 0 Å². The lowest BCUT2D eigenvalue weighted by Crippen LogP contribution is -1.85. The number of rotatable bonds is 7. The van der Waals surface area contributed by atoms with E-state index in [-0.39, 0.29) is 0 Å². The van der Waals surface area contributed by atoms with Gasteiger partial charge >= 0.3 is 0 Å². The van der Waals surface area contributed by atoms with Gasteiger partial charge < -0.3 is 0 Å². The third kappa shape index (κ3) is 5.29. The molecule has 0 amide bonds. The Balaban J connectivity index is 0.773. The number of hydrogen-bond acceptors (Lipinski definition) is 4. The van der Waals surface area contributed by atoms with E-state index in [1.165, 1.54) is 115 Å². The summed E-state index contributed by atoms with van der Waals surface area (Å²) in [5, 5.41) is 15.9. The molecule has 56 heavy (non-hydrogen) atoms. The fourth-order valence-corrected chi connectivity index (χ4v) is 12.6. The molecule has 0 N–H and O–H groups in total. The van der Waals surface area contributed by atoms with E-state index >= 15 is 0 Å². The minimum atomic E-state index is 1.26. The minimum absolute atomic E-state index is 1.26. The van der Waals surface area contributed by atoms with Gasteiger partial charge in [0.25, 0.3) is 0 Å². The van der Waals surface area contributed by atoms with Crippen LogP contribution in [0.25, 0.3) is 118 Å². The second-order valence-corrected chi connectivity index (χ2v) is 18.8. The molecule has 0 aliphatic rings. The number of benzene rings is 8. The summed E-state index contributed by atoms with van der Waals surface area (Å²) in [6.45, 7) is 0. The van der Waals surface area contributed by atoms with Gasteiger partial charge in [0.05, 0.1) is 0 Å². The van der Waals surface area contributed by atoms with Crippen molar-refractivity contribution in [1.29, 1.82) is 0 Å². The average molecular weight is 783 g/mol. The van der Waals surface area contributed by atoms with Gasteiger partial charge in [0, 0.05) is 39.0 Å². The van der Waals surface area contributed by atoms with E-state index in [1.54, 1.807) is 0 Å². The largest absolute Gasteiger partial charge is 0.135 e. The summed E-state index contributed by atoms with van der Waals surface area (Å²) >= 11 is 7.49. The smallest absolute Gasteiger partial charge is 0.0449 e. The van der Waals surface area contributed by atoms with Crippen LogP contribution in [0.3, 0.4) is 0 Å². The third-order valence-electron chi connectivity index (χ3n) is 11.2. The molecule has 4 aromatic heterocycles. The van der Waals surface area contributed by atoms with Gasteiger partial charge in [-0.1, -0.05) is 121 Å². The van der Waals surface area contributed by atoms with Gasteiger partial charge in [-0.05, 0) is 136 Å². The summed E-state index contributed by atoms with van der Waals surface area (Å²) in [7, 11) is 0.